The van der Waals surface area contributed by atoms with Crippen molar-refractivity contribution < 1.29 is 40.9 Å². The van der Waals surface area contributed by atoms with Crippen molar-refractivity contribution in [2.45, 2.75) is 138 Å². The van der Waals surface area contributed by atoms with Gasteiger partial charge in [-0.25, -0.2) is 0 Å². The molecule has 4 aliphatic rings. The van der Waals surface area contributed by atoms with Crippen LogP contribution in [0.3, 0.4) is 0 Å². The minimum atomic E-state index is -0.132. The Balaban J connectivity index is 0.000000174. The van der Waals surface area contributed by atoms with Gasteiger partial charge in [-0.2, -0.15) is 0 Å². The van der Waals surface area contributed by atoms with Crippen molar-refractivity contribution >= 4 is 0 Å². The van der Waals surface area contributed by atoms with E-state index in [2.05, 4.69) is 111 Å². The number of aromatic hydroxyl groups is 8. The molecule has 0 heterocycles. The SMILES string of the molecule is CC(C)(C1CCC(c2ccc(O)cc2)(c2ccc(O)cc2)CC1)C1CCC(c2ccc(O)cc2)(c2ccc(O)cc2)CC1.Oc1ccc(C2(c3ccc(O)cc3)CCC(C3CCC(c4ccc(O)cc4)(c4ccc(O)cc4)CC3)CC2)cc1. The van der Waals surface area contributed by atoms with E-state index < -0.39 is 0 Å². The van der Waals surface area contributed by atoms with Gasteiger partial charge in [-0.15, -0.1) is 0 Å². The van der Waals surface area contributed by atoms with Gasteiger partial charge in [0.25, 0.3) is 0 Å². The van der Waals surface area contributed by atoms with E-state index >= 15 is 0 Å². The molecule has 0 atom stereocenters. The number of phenols is 8. The van der Waals surface area contributed by atoms with Crippen LogP contribution in [-0.2, 0) is 21.7 Å². The Morgan fingerprint density at radius 2 is 0.361 bits per heavy atom. The molecular formula is C75H82O8. The standard InChI is InChI=1S/C39H44O4.C36H38O4/c1-37(2,27-19-23-38(24-20-27,29-3-11-33(40)12-4-29)30-5-13-34(41)14-6-30)28-21-25-39(26-22-28,31-7-15-35(42)16-8-31)32-9-17-36(43)18-10-32;37-31-9-1-27(2-10-31)35(28-3-11-32(38)12-4-28)21-17-25(18-22-35)26-19-23-36(24-20-26,29-5-13-33(39)14-6-29)30-7-15-34(40)16-8-30/h3-18,27-28,40-43H,19-26H2,1-2H3;1-16,25-26,37-40H,17-24H2. The van der Waals surface area contributed by atoms with E-state index in [0.717, 1.165) is 103 Å². The van der Waals surface area contributed by atoms with Crippen LogP contribution in [0.5, 0.6) is 46.0 Å². The summed E-state index contributed by atoms with van der Waals surface area (Å²) in [6.45, 7) is 4.98. The van der Waals surface area contributed by atoms with Gasteiger partial charge in [-0.05, 0) is 273 Å². The molecule has 83 heavy (non-hydrogen) atoms. The molecule has 4 saturated carbocycles. The number of rotatable bonds is 11. The molecule has 8 N–H and O–H groups in total. The molecule has 0 aromatic heterocycles. The molecule has 430 valence electrons. The van der Waals surface area contributed by atoms with Crippen LogP contribution in [0.2, 0.25) is 0 Å². The molecule has 8 nitrogen and oxygen atoms in total. The Morgan fingerprint density at radius 1 is 0.229 bits per heavy atom. The van der Waals surface area contributed by atoms with Crippen LogP contribution < -0.4 is 0 Å². The highest BCUT2D eigenvalue weighted by Gasteiger charge is 2.49. The van der Waals surface area contributed by atoms with Gasteiger partial charge in [0.1, 0.15) is 46.0 Å². The third-order valence-corrected chi connectivity index (χ3v) is 21.6. The van der Waals surface area contributed by atoms with E-state index in [1.54, 1.807) is 97.1 Å². The van der Waals surface area contributed by atoms with Crippen LogP contribution in [0.4, 0.5) is 0 Å². The molecule has 8 heteroatoms. The zero-order chi connectivity index (χ0) is 58.0. The first-order valence-corrected chi connectivity index (χ1v) is 30.4. The molecule has 12 rings (SSSR count). The second kappa shape index (κ2) is 23.4. The van der Waals surface area contributed by atoms with E-state index in [1.165, 1.54) is 44.5 Å². The lowest BCUT2D eigenvalue weighted by Crippen LogP contribution is -2.43. The van der Waals surface area contributed by atoms with Crippen molar-refractivity contribution in [3.8, 4) is 46.0 Å². The molecule has 4 fully saturated rings. The minimum Gasteiger partial charge on any atom is -0.508 e. The molecule has 8 aromatic carbocycles. The summed E-state index contributed by atoms with van der Waals surface area (Å²) in [5, 5.41) is 79.7. The first-order valence-electron chi connectivity index (χ1n) is 30.4. The summed E-state index contributed by atoms with van der Waals surface area (Å²) >= 11 is 0. The van der Waals surface area contributed by atoms with Crippen molar-refractivity contribution in [2.24, 2.45) is 29.1 Å². The summed E-state index contributed by atoms with van der Waals surface area (Å²) in [4.78, 5) is 0. The van der Waals surface area contributed by atoms with Crippen LogP contribution >= 0.6 is 0 Å². The Morgan fingerprint density at radius 3 is 0.506 bits per heavy atom. The molecule has 0 aliphatic heterocycles. The molecule has 0 saturated heterocycles. The van der Waals surface area contributed by atoms with Gasteiger partial charge in [-0.1, -0.05) is 111 Å². The van der Waals surface area contributed by atoms with Crippen molar-refractivity contribution in [1.82, 2.24) is 0 Å². The molecule has 0 unspecified atom stereocenters. The summed E-state index contributed by atoms with van der Waals surface area (Å²) < 4.78 is 0. The van der Waals surface area contributed by atoms with Gasteiger partial charge in [-0.3, -0.25) is 0 Å². The van der Waals surface area contributed by atoms with Gasteiger partial charge in [0.15, 0.2) is 0 Å². The second-order valence-electron chi connectivity index (χ2n) is 25.7. The largest absolute Gasteiger partial charge is 0.508 e. The van der Waals surface area contributed by atoms with Gasteiger partial charge >= 0.3 is 0 Å². The summed E-state index contributed by atoms with van der Waals surface area (Å²) in [7, 11) is 0. The first-order chi connectivity index (χ1) is 40.0. The molecule has 0 bridgehead atoms. The normalized spacial score (nSPS) is 19.3. The third-order valence-electron chi connectivity index (χ3n) is 21.6. The summed E-state index contributed by atoms with van der Waals surface area (Å²) in [6.07, 6.45) is 17.5. The topological polar surface area (TPSA) is 162 Å². The van der Waals surface area contributed by atoms with Crippen LogP contribution in [-0.4, -0.2) is 40.9 Å². The van der Waals surface area contributed by atoms with Crippen LogP contribution in [0.1, 0.15) is 161 Å². The van der Waals surface area contributed by atoms with Crippen molar-refractivity contribution in [3.63, 3.8) is 0 Å². The highest BCUT2D eigenvalue weighted by molar-refractivity contribution is 5.48. The Hall–Kier alpha value is -7.84. The van der Waals surface area contributed by atoms with E-state index in [9.17, 15) is 40.9 Å². The zero-order valence-electron chi connectivity index (χ0n) is 48.2. The lowest BCUT2D eigenvalue weighted by Gasteiger charge is -2.51. The van der Waals surface area contributed by atoms with E-state index in [0.29, 0.717) is 23.7 Å². The highest BCUT2D eigenvalue weighted by Crippen LogP contribution is 2.58. The summed E-state index contributed by atoms with van der Waals surface area (Å²) in [6, 6.07) is 61.7. The molecule has 8 aromatic rings. The smallest absolute Gasteiger partial charge is 0.115 e. The van der Waals surface area contributed by atoms with E-state index in [-0.39, 0.29) is 73.1 Å². The number of hydrogen-bond donors (Lipinski definition) is 8. The summed E-state index contributed by atoms with van der Waals surface area (Å²) in [5.74, 6) is 4.82. The lowest BCUT2D eigenvalue weighted by molar-refractivity contribution is 0.0364. The number of hydrogen-bond acceptors (Lipinski definition) is 8. The number of benzene rings is 8. The van der Waals surface area contributed by atoms with E-state index in [4.69, 9.17) is 0 Å². The van der Waals surface area contributed by atoms with Gasteiger partial charge < -0.3 is 40.9 Å². The van der Waals surface area contributed by atoms with E-state index in [1.807, 2.05) is 0 Å². The van der Waals surface area contributed by atoms with Crippen molar-refractivity contribution in [3.05, 3.63) is 239 Å². The fourth-order valence-electron chi connectivity index (χ4n) is 16.5. The number of phenolic OH excluding ortho intramolecular Hbond substituents is 8. The maximum atomic E-state index is 9.99. The average molecular weight is 1110 g/mol. The zero-order valence-corrected chi connectivity index (χ0v) is 48.2. The Bertz CT molecular complexity index is 2950. The molecule has 4 aliphatic carbocycles. The minimum absolute atomic E-state index is 0.117. The van der Waals surface area contributed by atoms with Crippen LogP contribution in [0.15, 0.2) is 194 Å². The highest BCUT2D eigenvalue weighted by atomic mass is 16.3. The second-order valence-corrected chi connectivity index (χ2v) is 25.7. The van der Waals surface area contributed by atoms with Crippen molar-refractivity contribution in [2.75, 3.05) is 0 Å². The maximum Gasteiger partial charge on any atom is 0.115 e. The fourth-order valence-corrected chi connectivity index (χ4v) is 16.5. The average Bonchev–Trinajstić information content (AvgIpc) is 3.06. The first kappa shape index (κ1) is 57.0. The molecular weight excluding hydrogens is 1030 g/mol. The third kappa shape index (κ3) is 11.4. The van der Waals surface area contributed by atoms with Crippen molar-refractivity contribution in [1.29, 1.82) is 0 Å². The predicted molar refractivity (Wildman–Crippen MR) is 330 cm³/mol. The molecule has 0 radical (unpaired) electrons. The van der Waals surface area contributed by atoms with Gasteiger partial charge in [0.05, 0.1) is 0 Å². The predicted octanol–water partition coefficient (Wildman–Crippen LogP) is 17.3. The monoisotopic (exact) mass is 1110 g/mol. The van der Waals surface area contributed by atoms with Crippen LogP contribution in [0, 0.1) is 29.1 Å². The molecule has 0 spiro atoms. The quantitative estimate of drug-likeness (QED) is 0.0635. The Labute approximate surface area is 490 Å². The van der Waals surface area contributed by atoms with Crippen LogP contribution in [0.25, 0.3) is 0 Å². The Kier molecular flexibility index (Phi) is 16.1. The van der Waals surface area contributed by atoms with Gasteiger partial charge in [0.2, 0.25) is 0 Å². The van der Waals surface area contributed by atoms with Gasteiger partial charge in [0, 0.05) is 21.7 Å². The molecule has 0 amide bonds. The maximum absolute atomic E-state index is 9.99. The lowest BCUT2D eigenvalue weighted by atomic mass is 9.53. The summed E-state index contributed by atoms with van der Waals surface area (Å²) in [5.41, 5.74) is 9.56. The fraction of sp³-hybridized carbons (Fsp3) is 0.360.